The lowest BCUT2D eigenvalue weighted by atomic mass is 9.94. The number of carbonyl (C=O) groups is 1. The number of fused-ring (bicyclic) bond motifs is 3. The molecule has 3 aromatic rings. The van der Waals surface area contributed by atoms with Crippen LogP contribution in [0, 0.1) is 5.92 Å². The lowest BCUT2D eigenvalue weighted by Crippen LogP contribution is -2.46. The number of hydrogen-bond acceptors (Lipinski definition) is 5. The van der Waals surface area contributed by atoms with Crippen LogP contribution >= 0.6 is 0 Å². The first kappa shape index (κ1) is 23.3. The van der Waals surface area contributed by atoms with Crippen LogP contribution in [-0.2, 0) is 4.74 Å². The number of pyridine rings is 1. The largest absolute Gasteiger partial charge is 0.382 e. The minimum atomic E-state index is 0.0569. The van der Waals surface area contributed by atoms with Gasteiger partial charge in [0.25, 0.3) is 0 Å². The molecule has 2 amide bonds. The molecule has 0 saturated carbocycles. The van der Waals surface area contributed by atoms with Crippen LogP contribution < -0.4 is 11.1 Å². The maximum absolute atomic E-state index is 12.2. The third-order valence-corrected chi connectivity index (χ3v) is 6.60. The lowest BCUT2D eigenvalue weighted by Gasteiger charge is -2.32. The first-order chi connectivity index (χ1) is 16.0. The number of rotatable bonds is 8. The molecule has 4 rings (SSSR count). The van der Waals surface area contributed by atoms with Crippen LogP contribution in [0.1, 0.15) is 52.5 Å². The number of piperidine rings is 1. The monoisotopic (exact) mass is 452 g/mol. The molecule has 8 nitrogen and oxygen atoms in total. The highest BCUT2D eigenvalue weighted by Crippen LogP contribution is 2.30. The van der Waals surface area contributed by atoms with Gasteiger partial charge in [-0.3, -0.25) is 0 Å². The second kappa shape index (κ2) is 10.4. The molecule has 1 aliphatic rings. The standard InChI is InChI=1S/C25H36N6O2/c1-4-19(15-33-14-11-18-9-12-30(13-10-18)25(32)28-17(2)3)31-16-27-22-23(31)20-7-5-6-8-21(20)29-24(22)26/h5-8,16-19H,4,9-15H2,1-3H3,(H2,26,29)(H,28,32). The molecule has 8 heteroatoms. The first-order valence-electron chi connectivity index (χ1n) is 12.1. The van der Waals surface area contributed by atoms with E-state index < -0.39 is 0 Å². The van der Waals surface area contributed by atoms with Crippen LogP contribution in [-0.4, -0.2) is 57.8 Å². The summed E-state index contributed by atoms with van der Waals surface area (Å²) in [4.78, 5) is 23.2. The highest BCUT2D eigenvalue weighted by molar-refractivity contribution is 6.06. The van der Waals surface area contributed by atoms with Gasteiger partial charge in [0.15, 0.2) is 5.82 Å². The molecule has 2 aromatic heterocycles. The molecule has 178 valence electrons. The van der Waals surface area contributed by atoms with Gasteiger partial charge in [0.1, 0.15) is 5.52 Å². The van der Waals surface area contributed by atoms with Crippen LogP contribution in [0.15, 0.2) is 30.6 Å². The van der Waals surface area contributed by atoms with E-state index in [4.69, 9.17) is 10.5 Å². The van der Waals surface area contributed by atoms with Crippen LogP contribution in [0.4, 0.5) is 10.6 Å². The maximum atomic E-state index is 12.2. The summed E-state index contributed by atoms with van der Waals surface area (Å²) in [6.07, 6.45) is 5.91. The number of likely N-dealkylation sites (tertiary alicyclic amines) is 1. The fourth-order valence-electron chi connectivity index (χ4n) is 4.67. The SMILES string of the molecule is CCC(COCCC1CCN(C(=O)NC(C)C)CC1)n1cnc2c(N)nc3ccccc3c21. The van der Waals surface area contributed by atoms with Crippen molar-refractivity contribution < 1.29 is 9.53 Å². The Labute approximate surface area is 195 Å². The normalized spacial score (nSPS) is 16.1. The summed E-state index contributed by atoms with van der Waals surface area (Å²) < 4.78 is 8.34. The number of nitrogens with one attached hydrogen (secondary N) is 1. The fourth-order valence-corrected chi connectivity index (χ4v) is 4.67. The van der Waals surface area contributed by atoms with Gasteiger partial charge in [-0.2, -0.15) is 0 Å². The van der Waals surface area contributed by atoms with Crippen molar-refractivity contribution in [1.82, 2.24) is 24.8 Å². The van der Waals surface area contributed by atoms with Gasteiger partial charge in [0.05, 0.1) is 30.0 Å². The van der Waals surface area contributed by atoms with E-state index in [2.05, 4.69) is 32.8 Å². The van der Waals surface area contributed by atoms with E-state index in [0.29, 0.717) is 18.3 Å². The van der Waals surface area contributed by atoms with Crippen molar-refractivity contribution in [3.63, 3.8) is 0 Å². The number of imidazole rings is 1. The molecule has 0 aliphatic carbocycles. The summed E-state index contributed by atoms with van der Waals surface area (Å²) in [7, 11) is 0. The number of hydrogen-bond donors (Lipinski definition) is 2. The van der Waals surface area contributed by atoms with Crippen molar-refractivity contribution in [2.75, 3.05) is 32.0 Å². The number of anilines is 1. The van der Waals surface area contributed by atoms with E-state index >= 15 is 0 Å². The van der Waals surface area contributed by atoms with Crippen LogP contribution in [0.5, 0.6) is 0 Å². The van der Waals surface area contributed by atoms with Crippen molar-refractivity contribution >= 4 is 33.8 Å². The number of aromatic nitrogens is 3. The molecule has 1 unspecified atom stereocenters. The Morgan fingerprint density at radius 3 is 2.76 bits per heavy atom. The van der Waals surface area contributed by atoms with Gasteiger partial charge in [0.2, 0.25) is 0 Å². The first-order valence-corrected chi connectivity index (χ1v) is 12.1. The molecule has 33 heavy (non-hydrogen) atoms. The zero-order valence-electron chi connectivity index (χ0n) is 20.0. The Bertz CT molecular complexity index is 1090. The molecule has 0 bridgehead atoms. The maximum Gasteiger partial charge on any atom is 0.317 e. The number of nitrogens with two attached hydrogens (primary N) is 1. The topological polar surface area (TPSA) is 98.3 Å². The molecule has 3 N–H and O–H groups in total. The molecule has 1 fully saturated rings. The number of benzene rings is 1. The van der Waals surface area contributed by atoms with Gasteiger partial charge in [-0.15, -0.1) is 0 Å². The average molecular weight is 453 g/mol. The lowest BCUT2D eigenvalue weighted by molar-refractivity contribution is 0.0818. The number of para-hydroxylation sites is 1. The van der Waals surface area contributed by atoms with E-state index in [1.165, 1.54) is 0 Å². The number of amides is 2. The molecule has 0 spiro atoms. The summed E-state index contributed by atoms with van der Waals surface area (Å²) in [6.45, 7) is 9.17. The van der Waals surface area contributed by atoms with Crippen molar-refractivity contribution in [1.29, 1.82) is 0 Å². The number of nitrogen functional groups attached to an aromatic ring is 1. The summed E-state index contributed by atoms with van der Waals surface area (Å²) >= 11 is 0. The summed E-state index contributed by atoms with van der Waals surface area (Å²) in [5.74, 6) is 1.07. The number of urea groups is 1. The van der Waals surface area contributed by atoms with Gasteiger partial charge < -0.3 is 25.3 Å². The van der Waals surface area contributed by atoms with Crippen molar-refractivity contribution in [2.24, 2.45) is 5.92 Å². The molecule has 1 atom stereocenters. The van der Waals surface area contributed by atoms with E-state index in [1.807, 2.05) is 43.3 Å². The second-order valence-corrected chi connectivity index (χ2v) is 9.32. The van der Waals surface area contributed by atoms with Crippen molar-refractivity contribution in [3.05, 3.63) is 30.6 Å². The van der Waals surface area contributed by atoms with Crippen LogP contribution in [0.2, 0.25) is 0 Å². The van der Waals surface area contributed by atoms with E-state index in [1.54, 1.807) is 0 Å². The highest BCUT2D eigenvalue weighted by atomic mass is 16.5. The van der Waals surface area contributed by atoms with Gasteiger partial charge >= 0.3 is 6.03 Å². The highest BCUT2D eigenvalue weighted by Gasteiger charge is 2.23. The average Bonchev–Trinajstić information content (AvgIpc) is 3.25. The predicted molar refractivity (Wildman–Crippen MR) is 132 cm³/mol. The Hall–Kier alpha value is -2.87. The molecule has 1 aliphatic heterocycles. The minimum Gasteiger partial charge on any atom is -0.382 e. The smallest absolute Gasteiger partial charge is 0.317 e. The van der Waals surface area contributed by atoms with Crippen LogP contribution in [0.25, 0.3) is 21.9 Å². The molecule has 1 aromatic carbocycles. The number of ether oxygens (including phenoxy) is 1. The Kier molecular flexibility index (Phi) is 7.33. The quantitative estimate of drug-likeness (QED) is 0.495. The van der Waals surface area contributed by atoms with Gasteiger partial charge in [-0.05, 0) is 51.5 Å². The number of carbonyl (C=O) groups excluding carboxylic acids is 1. The third-order valence-electron chi connectivity index (χ3n) is 6.60. The third kappa shape index (κ3) is 5.21. The van der Waals surface area contributed by atoms with E-state index in [0.717, 1.165) is 67.3 Å². The van der Waals surface area contributed by atoms with Gasteiger partial charge in [-0.25, -0.2) is 14.8 Å². The Morgan fingerprint density at radius 2 is 2.03 bits per heavy atom. The fraction of sp³-hybridized carbons (Fsp3) is 0.560. The molecule has 0 radical (unpaired) electrons. The van der Waals surface area contributed by atoms with Crippen molar-refractivity contribution in [3.8, 4) is 0 Å². The van der Waals surface area contributed by atoms with Gasteiger partial charge in [-0.1, -0.05) is 25.1 Å². The van der Waals surface area contributed by atoms with Crippen molar-refractivity contribution in [2.45, 2.75) is 58.5 Å². The van der Waals surface area contributed by atoms with E-state index in [-0.39, 0.29) is 18.1 Å². The molecule has 1 saturated heterocycles. The minimum absolute atomic E-state index is 0.0569. The molecule has 3 heterocycles. The Balaban J connectivity index is 1.32. The number of nitrogens with zero attached hydrogens (tertiary/aromatic N) is 4. The zero-order valence-corrected chi connectivity index (χ0v) is 20.0. The predicted octanol–water partition coefficient (Wildman–Crippen LogP) is 4.35. The second-order valence-electron chi connectivity index (χ2n) is 9.32. The summed E-state index contributed by atoms with van der Waals surface area (Å²) in [6, 6.07) is 8.47. The Morgan fingerprint density at radius 1 is 1.27 bits per heavy atom. The van der Waals surface area contributed by atoms with E-state index in [9.17, 15) is 4.79 Å². The summed E-state index contributed by atoms with van der Waals surface area (Å²) in [5, 5.41) is 4.04. The molecular formula is C25H36N6O2. The molecular weight excluding hydrogens is 416 g/mol. The zero-order chi connectivity index (χ0) is 23.4. The summed E-state index contributed by atoms with van der Waals surface area (Å²) in [5.41, 5.74) is 8.85. The van der Waals surface area contributed by atoms with Crippen LogP contribution in [0.3, 0.4) is 0 Å². The van der Waals surface area contributed by atoms with Gasteiger partial charge in [0, 0.05) is 31.1 Å².